The number of nitrogens with one attached hydrogen (secondary N) is 1. The van der Waals surface area contributed by atoms with E-state index in [1.165, 1.54) is 10.4 Å². The van der Waals surface area contributed by atoms with E-state index >= 15 is 0 Å². The van der Waals surface area contributed by atoms with Crippen LogP contribution >= 0.6 is 11.3 Å². The van der Waals surface area contributed by atoms with E-state index in [1.807, 2.05) is 26.1 Å². The van der Waals surface area contributed by atoms with Crippen LogP contribution in [0.3, 0.4) is 0 Å². The monoisotopic (exact) mass is 436 g/mol. The number of thiophene rings is 1. The summed E-state index contributed by atoms with van der Waals surface area (Å²) in [6.07, 6.45) is 5.68. The molecule has 0 bridgehead atoms. The van der Waals surface area contributed by atoms with Crippen LogP contribution in [-0.2, 0) is 28.9 Å². The number of anilines is 2. The molecule has 160 valence electrons. The molecule has 2 aromatic heterocycles. The molecule has 1 aliphatic heterocycles. The number of nitrogens with zero attached hydrogens (tertiary/aromatic N) is 3. The van der Waals surface area contributed by atoms with Crippen LogP contribution in [-0.4, -0.2) is 35.9 Å². The summed E-state index contributed by atoms with van der Waals surface area (Å²) < 4.78 is 11.0. The van der Waals surface area contributed by atoms with E-state index in [1.54, 1.807) is 24.8 Å². The predicted molar refractivity (Wildman–Crippen MR) is 122 cm³/mol. The first kappa shape index (κ1) is 19.9. The SMILES string of the molecule is CCOC(=O)[C@@]1(C)CCc2c(sc3ncnc(Nc4cc5c(cc4OC)CN=C5)c23)C1. The molecule has 0 spiro atoms. The van der Waals surface area contributed by atoms with Crippen molar-refractivity contribution in [1.29, 1.82) is 0 Å². The molecule has 0 saturated carbocycles. The second-order valence-electron chi connectivity index (χ2n) is 8.21. The molecule has 1 aliphatic carbocycles. The summed E-state index contributed by atoms with van der Waals surface area (Å²) >= 11 is 1.64. The lowest BCUT2D eigenvalue weighted by atomic mass is 9.75. The van der Waals surface area contributed by atoms with E-state index in [4.69, 9.17) is 9.47 Å². The Labute approximate surface area is 184 Å². The van der Waals surface area contributed by atoms with Gasteiger partial charge in [0.2, 0.25) is 0 Å². The van der Waals surface area contributed by atoms with Crippen molar-refractivity contribution in [1.82, 2.24) is 9.97 Å². The highest BCUT2D eigenvalue weighted by Gasteiger charge is 2.40. The maximum Gasteiger partial charge on any atom is 0.312 e. The lowest BCUT2D eigenvalue weighted by molar-refractivity contribution is -0.155. The Morgan fingerprint density at radius 1 is 1.32 bits per heavy atom. The number of fused-ring (bicyclic) bond motifs is 4. The molecule has 8 heteroatoms. The third-order valence-corrected chi connectivity index (χ3v) is 7.26. The molecule has 3 aromatic rings. The van der Waals surface area contributed by atoms with Crippen LogP contribution in [0.25, 0.3) is 10.2 Å². The summed E-state index contributed by atoms with van der Waals surface area (Å²) in [6.45, 7) is 4.93. The summed E-state index contributed by atoms with van der Waals surface area (Å²) in [5.41, 5.74) is 3.83. The van der Waals surface area contributed by atoms with Gasteiger partial charge in [0.25, 0.3) is 0 Å². The lowest BCUT2D eigenvalue weighted by Gasteiger charge is -2.31. The normalized spacial score (nSPS) is 19.2. The van der Waals surface area contributed by atoms with Gasteiger partial charge in [-0.3, -0.25) is 9.79 Å². The number of benzene rings is 1. The third kappa shape index (κ3) is 3.35. The first-order valence-electron chi connectivity index (χ1n) is 10.4. The van der Waals surface area contributed by atoms with Gasteiger partial charge < -0.3 is 14.8 Å². The van der Waals surface area contributed by atoms with Gasteiger partial charge in [-0.2, -0.15) is 0 Å². The minimum Gasteiger partial charge on any atom is -0.495 e. The number of hydrogen-bond acceptors (Lipinski definition) is 8. The summed E-state index contributed by atoms with van der Waals surface area (Å²) in [5, 5.41) is 4.51. The lowest BCUT2D eigenvalue weighted by Crippen LogP contribution is -2.35. The van der Waals surface area contributed by atoms with E-state index < -0.39 is 5.41 Å². The minimum atomic E-state index is -0.493. The van der Waals surface area contributed by atoms with Crippen molar-refractivity contribution in [3.8, 4) is 5.75 Å². The van der Waals surface area contributed by atoms with Gasteiger partial charge in [0.1, 0.15) is 22.7 Å². The number of rotatable bonds is 5. The molecule has 2 aliphatic rings. The van der Waals surface area contributed by atoms with E-state index in [9.17, 15) is 4.79 Å². The quantitative estimate of drug-likeness (QED) is 0.596. The number of aromatic nitrogens is 2. The summed E-state index contributed by atoms with van der Waals surface area (Å²) in [6, 6.07) is 4.08. The number of ether oxygens (including phenoxy) is 2. The second kappa shape index (κ2) is 7.60. The molecule has 1 N–H and O–H groups in total. The van der Waals surface area contributed by atoms with Crippen molar-refractivity contribution >= 4 is 45.2 Å². The molecular weight excluding hydrogens is 412 g/mol. The molecular formula is C23H24N4O3S. The molecule has 1 atom stereocenters. The summed E-state index contributed by atoms with van der Waals surface area (Å²) in [7, 11) is 1.67. The second-order valence-corrected chi connectivity index (χ2v) is 9.29. The topological polar surface area (TPSA) is 85.7 Å². The standard InChI is InChI=1S/C23H24N4O3S/c1-4-30-22(28)23(2)6-5-15-18(9-23)31-21-19(15)20(25-12-26-21)27-16-7-13-10-24-11-14(13)8-17(16)29-3/h7-8,10,12H,4-6,9,11H2,1-3H3,(H,25,26,27)/t23-/m0/s1. The van der Waals surface area contributed by atoms with E-state index in [-0.39, 0.29) is 5.97 Å². The summed E-state index contributed by atoms with van der Waals surface area (Å²) in [5.74, 6) is 1.40. The smallest absolute Gasteiger partial charge is 0.312 e. The Hall–Kier alpha value is -3.00. The Bertz CT molecular complexity index is 1220. The number of aryl methyl sites for hydroxylation is 1. The molecule has 3 heterocycles. The van der Waals surface area contributed by atoms with Crippen molar-refractivity contribution in [3.63, 3.8) is 0 Å². The van der Waals surface area contributed by atoms with Crippen LogP contribution in [0.5, 0.6) is 5.75 Å². The minimum absolute atomic E-state index is 0.118. The molecule has 0 unspecified atom stereocenters. The zero-order valence-corrected chi connectivity index (χ0v) is 18.6. The fourth-order valence-electron chi connectivity index (χ4n) is 4.39. The fourth-order valence-corrected chi connectivity index (χ4v) is 5.77. The van der Waals surface area contributed by atoms with Gasteiger partial charge >= 0.3 is 5.97 Å². The molecule has 7 nitrogen and oxygen atoms in total. The van der Waals surface area contributed by atoms with Crippen LogP contribution in [0.1, 0.15) is 41.8 Å². The van der Waals surface area contributed by atoms with Gasteiger partial charge in [-0.15, -0.1) is 11.3 Å². The van der Waals surface area contributed by atoms with E-state index in [2.05, 4.69) is 26.3 Å². The zero-order chi connectivity index (χ0) is 21.6. The number of carbonyl (C=O) groups excluding carboxylic acids is 1. The number of methoxy groups -OCH3 is 1. The number of aliphatic imine (C=N–C) groups is 1. The number of carbonyl (C=O) groups is 1. The molecule has 0 fully saturated rings. The van der Waals surface area contributed by atoms with Crippen LogP contribution in [0.15, 0.2) is 23.5 Å². The third-order valence-electron chi connectivity index (χ3n) is 6.12. The number of esters is 1. The van der Waals surface area contributed by atoms with Gasteiger partial charge in [0.05, 0.1) is 36.8 Å². The largest absolute Gasteiger partial charge is 0.495 e. The first-order valence-corrected chi connectivity index (χ1v) is 11.2. The van der Waals surface area contributed by atoms with Gasteiger partial charge in [-0.05, 0) is 61.9 Å². The highest BCUT2D eigenvalue weighted by molar-refractivity contribution is 7.19. The van der Waals surface area contributed by atoms with Crippen LogP contribution in [0.4, 0.5) is 11.5 Å². The van der Waals surface area contributed by atoms with Gasteiger partial charge in [0, 0.05) is 11.1 Å². The van der Waals surface area contributed by atoms with Gasteiger partial charge in [0.15, 0.2) is 0 Å². The van der Waals surface area contributed by atoms with Crippen molar-refractivity contribution in [2.45, 2.75) is 39.7 Å². The summed E-state index contributed by atoms with van der Waals surface area (Å²) in [4.78, 5) is 28.1. The van der Waals surface area contributed by atoms with Crippen molar-refractivity contribution in [2.24, 2.45) is 10.4 Å². The van der Waals surface area contributed by atoms with Crippen molar-refractivity contribution < 1.29 is 14.3 Å². The fraction of sp³-hybridized carbons (Fsp3) is 0.391. The van der Waals surface area contributed by atoms with Gasteiger partial charge in [-0.25, -0.2) is 9.97 Å². The number of hydrogen-bond donors (Lipinski definition) is 1. The Kier molecular flexibility index (Phi) is 4.89. The molecule has 1 aromatic carbocycles. The zero-order valence-electron chi connectivity index (χ0n) is 17.8. The van der Waals surface area contributed by atoms with Crippen LogP contribution in [0, 0.1) is 5.41 Å². The maximum absolute atomic E-state index is 12.5. The highest BCUT2D eigenvalue weighted by atomic mass is 32.1. The van der Waals surface area contributed by atoms with Crippen molar-refractivity contribution in [3.05, 3.63) is 40.0 Å². The Morgan fingerprint density at radius 2 is 2.19 bits per heavy atom. The Balaban J connectivity index is 1.54. The maximum atomic E-state index is 12.5. The molecule has 31 heavy (non-hydrogen) atoms. The average molecular weight is 437 g/mol. The molecule has 0 amide bonds. The molecule has 5 rings (SSSR count). The molecule has 0 radical (unpaired) electrons. The van der Waals surface area contributed by atoms with Crippen LogP contribution < -0.4 is 10.1 Å². The van der Waals surface area contributed by atoms with Crippen LogP contribution in [0.2, 0.25) is 0 Å². The van der Waals surface area contributed by atoms with Crippen molar-refractivity contribution in [2.75, 3.05) is 19.0 Å². The Morgan fingerprint density at radius 3 is 3.00 bits per heavy atom. The first-order chi connectivity index (χ1) is 15.0. The van der Waals surface area contributed by atoms with Gasteiger partial charge in [-0.1, -0.05) is 0 Å². The molecule has 0 saturated heterocycles. The predicted octanol–water partition coefficient (Wildman–Crippen LogP) is 4.43. The van der Waals surface area contributed by atoms with E-state index in [0.717, 1.165) is 51.4 Å². The average Bonchev–Trinajstić information content (AvgIpc) is 3.36. The van der Waals surface area contributed by atoms with E-state index in [0.29, 0.717) is 19.6 Å². The highest BCUT2D eigenvalue weighted by Crippen LogP contribution is 2.45.